The summed E-state index contributed by atoms with van der Waals surface area (Å²) in [6.07, 6.45) is 8.70. The van der Waals surface area contributed by atoms with Gasteiger partial charge in [-0.05, 0) is 57.4 Å². The van der Waals surface area contributed by atoms with E-state index in [0.717, 1.165) is 6.42 Å². The van der Waals surface area contributed by atoms with Crippen LogP contribution in [0.25, 0.3) is 0 Å². The van der Waals surface area contributed by atoms with E-state index in [1.54, 1.807) is 9.15 Å². The van der Waals surface area contributed by atoms with Crippen molar-refractivity contribution in [2.75, 3.05) is 0 Å². The third-order valence-corrected chi connectivity index (χ3v) is 4.96. The Hall–Kier alpha value is 0.247. The van der Waals surface area contributed by atoms with E-state index >= 15 is 0 Å². The Kier molecular flexibility index (Phi) is 10.2. The molecule has 0 aromatic carbocycles. The quantitative estimate of drug-likeness (QED) is 0.277. The molecule has 0 bridgehead atoms. The lowest BCUT2D eigenvalue weighted by molar-refractivity contribution is 0.757. The average molecular weight is 376 g/mol. The smallest absolute Gasteiger partial charge is 0.129 e. The summed E-state index contributed by atoms with van der Waals surface area (Å²) in [5.74, 6) is 3.44. The maximum Gasteiger partial charge on any atom is 0.129 e. The highest BCUT2D eigenvalue weighted by Gasteiger charge is 2.08. The Bertz CT molecular complexity index is 312. The predicted molar refractivity (Wildman–Crippen MR) is 95.8 cm³/mol. The molecule has 0 N–H and O–H groups in total. The summed E-state index contributed by atoms with van der Waals surface area (Å²) in [5.41, 5.74) is 5.10. The van der Waals surface area contributed by atoms with Crippen molar-refractivity contribution in [3.05, 3.63) is 9.15 Å². The summed E-state index contributed by atoms with van der Waals surface area (Å²) < 4.78 is 1.58. The summed E-state index contributed by atoms with van der Waals surface area (Å²) in [5, 5.41) is 0. The minimum Gasteiger partial charge on any atom is -0.132 e. The van der Waals surface area contributed by atoms with E-state index in [0.29, 0.717) is 0 Å². The molecule has 0 spiro atoms. The minimum absolute atomic E-state index is 1.01. The number of halogens is 1. The van der Waals surface area contributed by atoms with Crippen LogP contribution in [0.5, 0.6) is 0 Å². The summed E-state index contributed by atoms with van der Waals surface area (Å²) >= 11 is 2.55. The molecule has 0 aliphatic heterocycles. The van der Waals surface area contributed by atoms with Gasteiger partial charge in [0.05, 0.1) is 0 Å². The van der Waals surface area contributed by atoms with Gasteiger partial charge in [0.1, 0.15) is 8.07 Å². The van der Waals surface area contributed by atoms with Crippen molar-refractivity contribution in [2.45, 2.75) is 78.4 Å². The van der Waals surface area contributed by atoms with Crippen molar-refractivity contribution in [3.63, 3.8) is 0 Å². The van der Waals surface area contributed by atoms with Gasteiger partial charge in [0.15, 0.2) is 0 Å². The molecule has 0 aromatic heterocycles. The second-order valence-corrected chi connectivity index (χ2v) is 12.0. The van der Waals surface area contributed by atoms with Crippen molar-refractivity contribution in [1.29, 1.82) is 0 Å². The number of rotatable bonds is 7. The molecule has 0 aliphatic rings. The average Bonchev–Trinajstić information content (AvgIpc) is 2.29. The van der Waals surface area contributed by atoms with Crippen molar-refractivity contribution in [3.8, 4) is 11.5 Å². The highest BCUT2D eigenvalue weighted by molar-refractivity contribution is 14.1. The third kappa shape index (κ3) is 10.2. The summed E-state index contributed by atoms with van der Waals surface area (Å²) in [7, 11) is -1.20. The van der Waals surface area contributed by atoms with Gasteiger partial charge in [-0.2, -0.15) is 0 Å². The van der Waals surface area contributed by atoms with Gasteiger partial charge in [-0.1, -0.05) is 46.3 Å². The van der Waals surface area contributed by atoms with Gasteiger partial charge in [-0.25, -0.2) is 0 Å². The number of unbranched alkanes of at least 4 members (excludes halogenated alkanes) is 2. The highest BCUT2D eigenvalue weighted by Crippen LogP contribution is 2.25. The van der Waals surface area contributed by atoms with Gasteiger partial charge in [-0.15, -0.1) is 11.5 Å². The molecule has 0 fully saturated rings. The minimum atomic E-state index is -1.20. The van der Waals surface area contributed by atoms with Crippen LogP contribution in [0.4, 0.5) is 0 Å². The van der Waals surface area contributed by atoms with Gasteiger partial charge >= 0.3 is 0 Å². The van der Waals surface area contributed by atoms with Crippen LogP contribution in [-0.2, 0) is 0 Å². The zero-order valence-electron chi connectivity index (χ0n) is 12.8. The molecule has 0 radical (unpaired) electrons. The number of allylic oxidation sites excluding steroid dienone is 2. The predicted octanol–water partition coefficient (Wildman–Crippen LogP) is 6.33. The van der Waals surface area contributed by atoms with E-state index in [9.17, 15) is 0 Å². The van der Waals surface area contributed by atoms with E-state index in [4.69, 9.17) is 0 Å². The van der Waals surface area contributed by atoms with Crippen LogP contribution >= 0.6 is 22.6 Å². The lowest BCUT2D eigenvalue weighted by Gasteiger charge is -2.09. The second kappa shape index (κ2) is 10.1. The lowest BCUT2D eigenvalue weighted by atomic mass is 10.0. The normalized spacial score (nSPS) is 12.8. The van der Waals surface area contributed by atoms with E-state index < -0.39 is 8.07 Å². The molecule has 0 amide bonds. The molecule has 104 valence electrons. The van der Waals surface area contributed by atoms with Crippen LogP contribution in [0.3, 0.4) is 0 Å². The first-order valence-corrected chi connectivity index (χ1v) is 11.8. The van der Waals surface area contributed by atoms with Crippen LogP contribution in [0.15, 0.2) is 9.15 Å². The maximum atomic E-state index is 3.49. The lowest BCUT2D eigenvalue weighted by Crippen LogP contribution is -2.16. The van der Waals surface area contributed by atoms with Crippen LogP contribution in [-0.4, -0.2) is 8.07 Å². The van der Waals surface area contributed by atoms with Gasteiger partial charge in [0.2, 0.25) is 0 Å². The van der Waals surface area contributed by atoms with Gasteiger partial charge < -0.3 is 0 Å². The van der Waals surface area contributed by atoms with Crippen LogP contribution in [0.1, 0.15) is 58.8 Å². The Morgan fingerprint density at radius 1 is 1.00 bits per heavy atom. The fourth-order valence-corrected chi connectivity index (χ4v) is 3.10. The van der Waals surface area contributed by atoms with Crippen molar-refractivity contribution in [1.82, 2.24) is 0 Å². The molecule has 0 saturated carbocycles. The molecule has 2 heteroatoms. The van der Waals surface area contributed by atoms with Gasteiger partial charge in [0.25, 0.3) is 0 Å². The zero-order valence-corrected chi connectivity index (χ0v) is 16.0. The number of hydrogen-bond donors (Lipinski definition) is 0. The van der Waals surface area contributed by atoms with Crippen LogP contribution in [0.2, 0.25) is 19.6 Å². The molecule has 0 unspecified atom stereocenters. The molecule has 18 heavy (non-hydrogen) atoms. The summed E-state index contributed by atoms with van der Waals surface area (Å²) in [6.45, 7) is 11.5. The molecule has 0 rings (SSSR count). The maximum absolute atomic E-state index is 3.49. The molecule has 0 atom stereocenters. The Balaban J connectivity index is 4.60. The summed E-state index contributed by atoms with van der Waals surface area (Å²) in [6, 6.07) is 0. The molecule has 0 heterocycles. The van der Waals surface area contributed by atoms with E-state index in [1.165, 1.54) is 38.5 Å². The molecule has 0 saturated heterocycles. The molecule has 0 aromatic rings. The summed E-state index contributed by atoms with van der Waals surface area (Å²) in [4.78, 5) is 0. The largest absolute Gasteiger partial charge is 0.132 e. The van der Waals surface area contributed by atoms with E-state index in [-0.39, 0.29) is 0 Å². The van der Waals surface area contributed by atoms with Gasteiger partial charge in [-0.3, -0.25) is 0 Å². The van der Waals surface area contributed by atoms with Crippen molar-refractivity contribution < 1.29 is 0 Å². The third-order valence-electron chi connectivity index (χ3n) is 2.73. The fraction of sp³-hybridized carbons (Fsp3) is 0.750. The first-order chi connectivity index (χ1) is 8.40. The van der Waals surface area contributed by atoms with Gasteiger partial charge in [0, 0.05) is 6.42 Å². The first kappa shape index (κ1) is 18.2. The van der Waals surface area contributed by atoms with E-state index in [1.807, 2.05) is 0 Å². The van der Waals surface area contributed by atoms with Crippen molar-refractivity contribution in [2.24, 2.45) is 0 Å². The fourth-order valence-electron chi connectivity index (χ4n) is 1.63. The Morgan fingerprint density at radius 2 is 1.56 bits per heavy atom. The second-order valence-electron chi connectivity index (χ2n) is 5.94. The number of hydrogen-bond acceptors (Lipinski definition) is 0. The standard InChI is InChI=1S/C16H29ISi/c1-6-8-11-15(16(17)13-9-7-2)12-10-14-18(3,4)5/h6-9,11-13H2,1-5H3/b16-15-. The first-order valence-electron chi connectivity index (χ1n) is 7.27. The zero-order chi connectivity index (χ0) is 14.0. The molecular weight excluding hydrogens is 347 g/mol. The molecule has 0 nitrogen and oxygen atoms in total. The molecule has 0 aliphatic carbocycles. The SMILES string of the molecule is CCCC/C(I)=C(/CC#C[Si](C)(C)C)CCCC. The molecular formula is C16H29ISi. The monoisotopic (exact) mass is 376 g/mol. The van der Waals surface area contributed by atoms with Crippen LogP contribution < -0.4 is 0 Å². The Morgan fingerprint density at radius 3 is 2.06 bits per heavy atom. The topological polar surface area (TPSA) is 0 Å². The van der Waals surface area contributed by atoms with Crippen LogP contribution in [0, 0.1) is 11.5 Å². The van der Waals surface area contributed by atoms with E-state index in [2.05, 4.69) is 67.5 Å². The Labute approximate surface area is 129 Å². The highest BCUT2D eigenvalue weighted by atomic mass is 127. The van der Waals surface area contributed by atoms with Crippen molar-refractivity contribution >= 4 is 30.7 Å².